The fraction of sp³-hybridized carbons (Fsp3) is 0.909. The van der Waals surface area contributed by atoms with Crippen LogP contribution in [-0.4, -0.2) is 42.5 Å². The van der Waals surface area contributed by atoms with Crippen molar-refractivity contribution in [1.29, 1.82) is 0 Å². The summed E-state index contributed by atoms with van der Waals surface area (Å²) >= 11 is 0. The van der Waals surface area contributed by atoms with Crippen LogP contribution in [0.2, 0.25) is 0 Å². The Labute approximate surface area is 91.2 Å². The number of nitrogens with zero attached hydrogens (tertiary/aromatic N) is 1. The van der Waals surface area contributed by atoms with Gasteiger partial charge < -0.3 is 11.1 Å². The lowest BCUT2D eigenvalue weighted by Gasteiger charge is -2.36. The van der Waals surface area contributed by atoms with E-state index in [0.29, 0.717) is 25.2 Å². The van der Waals surface area contributed by atoms with Crippen LogP contribution in [-0.2, 0) is 4.79 Å². The van der Waals surface area contributed by atoms with Gasteiger partial charge in [0.05, 0.1) is 6.54 Å². The first-order chi connectivity index (χ1) is 7.29. The zero-order chi connectivity index (χ0) is 10.7. The monoisotopic (exact) mass is 211 g/mol. The molecule has 2 fully saturated rings. The maximum Gasteiger partial charge on any atom is 0.234 e. The molecule has 1 amide bonds. The highest BCUT2D eigenvalue weighted by Gasteiger charge is 2.28. The van der Waals surface area contributed by atoms with Gasteiger partial charge >= 0.3 is 0 Å². The smallest absolute Gasteiger partial charge is 0.234 e. The van der Waals surface area contributed by atoms with Crippen molar-refractivity contribution in [3.63, 3.8) is 0 Å². The predicted molar refractivity (Wildman–Crippen MR) is 59.4 cm³/mol. The van der Waals surface area contributed by atoms with Crippen molar-refractivity contribution in [2.45, 2.75) is 44.2 Å². The number of amides is 1. The molecule has 4 nitrogen and oxygen atoms in total. The van der Waals surface area contributed by atoms with E-state index in [-0.39, 0.29) is 5.91 Å². The van der Waals surface area contributed by atoms with Gasteiger partial charge in [0.25, 0.3) is 0 Å². The highest BCUT2D eigenvalue weighted by molar-refractivity contribution is 5.78. The highest BCUT2D eigenvalue weighted by Crippen LogP contribution is 2.24. The van der Waals surface area contributed by atoms with Gasteiger partial charge in [0, 0.05) is 25.2 Å². The standard InChI is InChI=1S/C11H21N3O/c12-6-7-14(10-2-1-3-10)8-11(15)13-9-4-5-9/h9-10H,1-8,12H2,(H,13,15). The van der Waals surface area contributed by atoms with E-state index >= 15 is 0 Å². The Hall–Kier alpha value is -0.610. The molecule has 0 aromatic rings. The minimum atomic E-state index is 0.179. The number of nitrogens with one attached hydrogen (secondary N) is 1. The molecule has 0 saturated heterocycles. The van der Waals surface area contributed by atoms with Gasteiger partial charge in [-0.25, -0.2) is 0 Å². The molecule has 0 aliphatic heterocycles. The van der Waals surface area contributed by atoms with Crippen molar-refractivity contribution in [1.82, 2.24) is 10.2 Å². The summed E-state index contributed by atoms with van der Waals surface area (Å²) in [6.45, 7) is 2.04. The Morgan fingerprint density at radius 2 is 2.07 bits per heavy atom. The van der Waals surface area contributed by atoms with E-state index in [4.69, 9.17) is 5.73 Å². The third-order valence-corrected chi connectivity index (χ3v) is 3.30. The predicted octanol–water partition coefficient (Wildman–Crippen LogP) is 0.0782. The van der Waals surface area contributed by atoms with Gasteiger partial charge in [-0.05, 0) is 25.7 Å². The SMILES string of the molecule is NCCN(CC(=O)NC1CC1)C1CCC1. The molecule has 15 heavy (non-hydrogen) atoms. The van der Waals surface area contributed by atoms with Gasteiger partial charge in [-0.1, -0.05) is 6.42 Å². The molecule has 0 atom stereocenters. The summed E-state index contributed by atoms with van der Waals surface area (Å²) < 4.78 is 0. The molecule has 0 aromatic carbocycles. The number of rotatable bonds is 6. The molecule has 0 radical (unpaired) electrons. The van der Waals surface area contributed by atoms with Gasteiger partial charge in [-0.2, -0.15) is 0 Å². The zero-order valence-electron chi connectivity index (χ0n) is 9.24. The zero-order valence-corrected chi connectivity index (χ0v) is 9.24. The fourth-order valence-electron chi connectivity index (χ4n) is 1.99. The average molecular weight is 211 g/mol. The van der Waals surface area contributed by atoms with Crippen molar-refractivity contribution < 1.29 is 4.79 Å². The number of hydrogen-bond acceptors (Lipinski definition) is 3. The quantitative estimate of drug-likeness (QED) is 0.654. The normalized spacial score (nSPS) is 21.5. The van der Waals surface area contributed by atoms with Gasteiger partial charge in [0.1, 0.15) is 0 Å². The van der Waals surface area contributed by atoms with E-state index in [2.05, 4.69) is 10.2 Å². The largest absolute Gasteiger partial charge is 0.352 e. The van der Waals surface area contributed by atoms with E-state index < -0.39 is 0 Å². The van der Waals surface area contributed by atoms with Crippen molar-refractivity contribution in [3.8, 4) is 0 Å². The minimum absolute atomic E-state index is 0.179. The second kappa shape index (κ2) is 4.94. The van der Waals surface area contributed by atoms with Crippen molar-refractivity contribution >= 4 is 5.91 Å². The van der Waals surface area contributed by atoms with Crippen LogP contribution in [0.5, 0.6) is 0 Å². The molecule has 3 N–H and O–H groups in total. The minimum Gasteiger partial charge on any atom is -0.352 e. The van der Waals surface area contributed by atoms with Crippen LogP contribution in [0, 0.1) is 0 Å². The van der Waals surface area contributed by atoms with Crippen LogP contribution < -0.4 is 11.1 Å². The highest BCUT2D eigenvalue weighted by atomic mass is 16.2. The number of carbonyl (C=O) groups excluding carboxylic acids is 1. The Morgan fingerprint density at radius 1 is 1.33 bits per heavy atom. The average Bonchev–Trinajstić information content (AvgIpc) is 2.85. The van der Waals surface area contributed by atoms with Crippen LogP contribution in [0.25, 0.3) is 0 Å². The van der Waals surface area contributed by atoms with Crippen LogP contribution in [0.1, 0.15) is 32.1 Å². The molecular formula is C11H21N3O. The molecular weight excluding hydrogens is 190 g/mol. The molecule has 2 rings (SSSR count). The lowest BCUT2D eigenvalue weighted by molar-refractivity contribution is -0.123. The Kier molecular flexibility index (Phi) is 3.59. The number of carbonyl (C=O) groups is 1. The fourth-order valence-corrected chi connectivity index (χ4v) is 1.99. The first kappa shape index (κ1) is 10.9. The van der Waals surface area contributed by atoms with E-state index in [1.165, 1.54) is 19.3 Å². The maximum atomic E-state index is 11.6. The summed E-state index contributed by atoms with van der Waals surface area (Å²) in [6.07, 6.45) is 6.08. The van der Waals surface area contributed by atoms with Crippen LogP contribution in [0.15, 0.2) is 0 Å². The van der Waals surface area contributed by atoms with Crippen LogP contribution in [0.4, 0.5) is 0 Å². The first-order valence-corrected chi connectivity index (χ1v) is 6.03. The lowest BCUT2D eigenvalue weighted by atomic mass is 9.91. The van der Waals surface area contributed by atoms with Gasteiger partial charge in [-0.15, -0.1) is 0 Å². The topological polar surface area (TPSA) is 58.4 Å². The Balaban J connectivity index is 1.73. The third-order valence-electron chi connectivity index (χ3n) is 3.30. The summed E-state index contributed by atoms with van der Waals surface area (Å²) in [5.41, 5.74) is 5.56. The number of hydrogen-bond donors (Lipinski definition) is 2. The van der Waals surface area contributed by atoms with Crippen molar-refractivity contribution in [2.75, 3.05) is 19.6 Å². The maximum absolute atomic E-state index is 11.6. The second-order valence-corrected chi connectivity index (χ2v) is 4.69. The Bertz CT molecular complexity index is 224. The molecule has 0 aromatic heterocycles. The lowest BCUT2D eigenvalue weighted by Crippen LogP contribution is -2.48. The van der Waals surface area contributed by atoms with Gasteiger partial charge in [0.2, 0.25) is 5.91 Å². The molecule has 4 heteroatoms. The number of nitrogens with two attached hydrogens (primary N) is 1. The molecule has 0 heterocycles. The molecule has 0 bridgehead atoms. The van der Waals surface area contributed by atoms with Gasteiger partial charge in [-0.3, -0.25) is 9.69 Å². The first-order valence-electron chi connectivity index (χ1n) is 6.03. The molecule has 2 saturated carbocycles. The van der Waals surface area contributed by atoms with Crippen molar-refractivity contribution in [3.05, 3.63) is 0 Å². The van der Waals surface area contributed by atoms with E-state index in [0.717, 1.165) is 19.4 Å². The third kappa shape index (κ3) is 3.18. The summed E-state index contributed by atoms with van der Waals surface area (Å²) in [6, 6.07) is 1.08. The molecule has 86 valence electrons. The molecule has 2 aliphatic rings. The Morgan fingerprint density at radius 3 is 2.53 bits per heavy atom. The summed E-state index contributed by atoms with van der Waals surface area (Å²) in [5.74, 6) is 0.179. The van der Waals surface area contributed by atoms with Crippen LogP contribution in [0.3, 0.4) is 0 Å². The molecule has 0 spiro atoms. The van der Waals surface area contributed by atoms with E-state index in [1.54, 1.807) is 0 Å². The summed E-state index contributed by atoms with van der Waals surface area (Å²) in [4.78, 5) is 13.9. The molecule has 2 aliphatic carbocycles. The molecule has 0 unspecified atom stereocenters. The van der Waals surface area contributed by atoms with Crippen LogP contribution >= 0.6 is 0 Å². The summed E-state index contributed by atoms with van der Waals surface area (Å²) in [7, 11) is 0. The van der Waals surface area contributed by atoms with Crippen molar-refractivity contribution in [2.24, 2.45) is 5.73 Å². The second-order valence-electron chi connectivity index (χ2n) is 4.69. The van der Waals surface area contributed by atoms with E-state index in [9.17, 15) is 4.79 Å². The summed E-state index contributed by atoms with van der Waals surface area (Å²) in [5, 5.41) is 3.02. The van der Waals surface area contributed by atoms with Gasteiger partial charge in [0.15, 0.2) is 0 Å². The van der Waals surface area contributed by atoms with E-state index in [1.807, 2.05) is 0 Å².